The molecule has 7 heteroatoms. The second kappa shape index (κ2) is 9.42. The van der Waals surface area contributed by atoms with Crippen molar-refractivity contribution in [1.29, 1.82) is 0 Å². The molecule has 1 saturated carbocycles. The van der Waals surface area contributed by atoms with Crippen LogP contribution in [0, 0.1) is 11.6 Å². The van der Waals surface area contributed by atoms with Crippen LogP contribution in [0.4, 0.5) is 8.78 Å². The molecule has 0 saturated heterocycles. The number of ether oxygens (including phenoxy) is 1. The first kappa shape index (κ1) is 18.4. The van der Waals surface area contributed by atoms with Crippen molar-refractivity contribution in [3.8, 4) is 5.75 Å². The maximum Gasteiger partial charge on any atom is 0.191 e. The first-order valence-corrected chi connectivity index (χ1v) is 8.39. The van der Waals surface area contributed by atoms with E-state index in [4.69, 9.17) is 4.74 Å². The Kier molecular flexibility index (Phi) is 7.24. The number of hydrogen-bond donors (Lipinski definition) is 3. The Hall–Kier alpha value is -1.89. The zero-order valence-corrected chi connectivity index (χ0v) is 13.9. The zero-order chi connectivity index (χ0) is 17.4. The van der Waals surface area contributed by atoms with E-state index in [1.54, 1.807) is 0 Å². The molecule has 1 aliphatic carbocycles. The van der Waals surface area contributed by atoms with E-state index < -0.39 is 11.6 Å². The van der Waals surface area contributed by atoms with Gasteiger partial charge in [0.25, 0.3) is 0 Å². The van der Waals surface area contributed by atoms with Crippen LogP contribution in [0.15, 0.2) is 23.2 Å². The zero-order valence-electron chi connectivity index (χ0n) is 13.9. The van der Waals surface area contributed by atoms with Crippen LogP contribution in [-0.2, 0) is 0 Å². The molecule has 0 heterocycles. The first-order chi connectivity index (χ1) is 11.6. The van der Waals surface area contributed by atoms with Crippen LogP contribution in [0.5, 0.6) is 5.75 Å². The van der Waals surface area contributed by atoms with Gasteiger partial charge in [-0.1, -0.05) is 0 Å². The van der Waals surface area contributed by atoms with E-state index in [0.717, 1.165) is 44.4 Å². The highest BCUT2D eigenvalue weighted by Gasteiger charge is 2.19. The number of halogens is 2. The van der Waals surface area contributed by atoms with Crippen molar-refractivity contribution >= 4 is 5.96 Å². The summed E-state index contributed by atoms with van der Waals surface area (Å²) in [6.45, 7) is 3.39. The molecular formula is C17H25F2N3O2. The molecular weight excluding hydrogens is 316 g/mol. The molecule has 0 spiro atoms. The van der Waals surface area contributed by atoms with Crippen LogP contribution < -0.4 is 15.4 Å². The number of guanidine groups is 1. The van der Waals surface area contributed by atoms with Crippen molar-refractivity contribution in [1.82, 2.24) is 10.6 Å². The molecule has 1 aliphatic rings. The second-order valence-corrected chi connectivity index (χ2v) is 5.83. The summed E-state index contributed by atoms with van der Waals surface area (Å²) >= 11 is 0. The fourth-order valence-corrected chi connectivity index (χ4v) is 2.62. The van der Waals surface area contributed by atoms with Crippen molar-refractivity contribution in [3.05, 3.63) is 29.8 Å². The monoisotopic (exact) mass is 341 g/mol. The molecule has 24 heavy (non-hydrogen) atoms. The Morgan fingerprint density at radius 2 is 2.00 bits per heavy atom. The number of rotatable bonds is 6. The van der Waals surface area contributed by atoms with Crippen molar-refractivity contribution in [2.45, 2.75) is 44.8 Å². The van der Waals surface area contributed by atoms with Gasteiger partial charge in [-0.2, -0.15) is 0 Å². The molecule has 134 valence electrons. The average molecular weight is 341 g/mol. The molecule has 2 rings (SSSR count). The maximum atomic E-state index is 13.1. The summed E-state index contributed by atoms with van der Waals surface area (Å²) in [6, 6.07) is 3.75. The molecule has 0 atom stereocenters. The predicted octanol–water partition coefficient (Wildman–Crippen LogP) is 2.20. The number of hydrogen-bond acceptors (Lipinski definition) is 3. The van der Waals surface area contributed by atoms with Crippen LogP contribution in [0.1, 0.15) is 32.6 Å². The summed E-state index contributed by atoms with van der Waals surface area (Å²) < 4.78 is 31.3. The van der Waals surface area contributed by atoms with E-state index in [-0.39, 0.29) is 18.5 Å². The van der Waals surface area contributed by atoms with Gasteiger partial charge >= 0.3 is 0 Å². The van der Waals surface area contributed by atoms with Crippen LogP contribution in [0.25, 0.3) is 0 Å². The molecule has 0 bridgehead atoms. The summed E-state index contributed by atoms with van der Waals surface area (Å²) in [7, 11) is 0. The van der Waals surface area contributed by atoms with E-state index in [1.807, 2.05) is 6.92 Å². The van der Waals surface area contributed by atoms with Crippen molar-refractivity contribution in [2.75, 3.05) is 19.7 Å². The third-order valence-electron chi connectivity index (χ3n) is 3.90. The molecule has 0 radical (unpaired) electrons. The fraction of sp³-hybridized carbons (Fsp3) is 0.588. The van der Waals surface area contributed by atoms with Gasteiger partial charge in [0.15, 0.2) is 17.6 Å². The van der Waals surface area contributed by atoms with Gasteiger partial charge in [-0.25, -0.2) is 13.8 Å². The fourth-order valence-electron chi connectivity index (χ4n) is 2.62. The number of nitrogens with zero attached hydrogens (tertiary/aromatic N) is 1. The number of aliphatic hydroxyl groups is 1. The van der Waals surface area contributed by atoms with Crippen LogP contribution >= 0.6 is 0 Å². The van der Waals surface area contributed by atoms with Gasteiger partial charge < -0.3 is 20.5 Å². The van der Waals surface area contributed by atoms with Gasteiger partial charge in [0.1, 0.15) is 12.4 Å². The quantitative estimate of drug-likeness (QED) is 0.422. The normalized spacial score (nSPS) is 21.4. The van der Waals surface area contributed by atoms with Crippen LogP contribution in [-0.4, -0.2) is 42.9 Å². The summed E-state index contributed by atoms with van der Waals surface area (Å²) in [5.41, 5.74) is 0. The lowest BCUT2D eigenvalue weighted by Crippen LogP contribution is -2.45. The number of nitrogens with one attached hydrogen (secondary N) is 2. The average Bonchev–Trinajstić information content (AvgIpc) is 2.57. The number of aliphatic imine (C=N–C) groups is 1. The minimum Gasteiger partial charge on any atom is -0.492 e. The number of aliphatic hydroxyl groups excluding tert-OH is 1. The van der Waals surface area contributed by atoms with Gasteiger partial charge in [-0.15, -0.1) is 0 Å². The van der Waals surface area contributed by atoms with E-state index in [2.05, 4.69) is 15.6 Å². The van der Waals surface area contributed by atoms with Crippen molar-refractivity contribution < 1.29 is 18.6 Å². The Morgan fingerprint density at radius 3 is 2.67 bits per heavy atom. The Balaban J connectivity index is 1.78. The maximum absolute atomic E-state index is 13.1. The van der Waals surface area contributed by atoms with Crippen LogP contribution in [0.3, 0.4) is 0 Å². The SMILES string of the molecule is CCNC(=NCCOc1ccc(F)c(F)c1)NC1CCC(O)CC1. The smallest absolute Gasteiger partial charge is 0.191 e. The Labute approximate surface area is 141 Å². The van der Waals surface area contributed by atoms with Gasteiger partial charge in [0.05, 0.1) is 12.6 Å². The van der Waals surface area contributed by atoms with E-state index in [9.17, 15) is 13.9 Å². The summed E-state index contributed by atoms with van der Waals surface area (Å²) in [5, 5.41) is 16.1. The summed E-state index contributed by atoms with van der Waals surface area (Å²) in [5.74, 6) is -0.835. The molecule has 3 N–H and O–H groups in total. The second-order valence-electron chi connectivity index (χ2n) is 5.83. The third kappa shape index (κ3) is 5.96. The van der Waals surface area contributed by atoms with Crippen molar-refractivity contribution in [2.24, 2.45) is 4.99 Å². The molecule has 1 aromatic carbocycles. The molecule has 1 aromatic rings. The molecule has 0 aliphatic heterocycles. The number of benzene rings is 1. The standard InChI is InChI=1S/C17H25F2N3O2/c1-2-20-17(22-12-3-5-13(23)6-4-12)21-9-10-24-14-7-8-15(18)16(19)11-14/h7-8,11-13,23H,2-6,9-10H2,1H3,(H2,20,21,22). The minimum absolute atomic E-state index is 0.188. The van der Waals surface area contributed by atoms with Gasteiger partial charge in [-0.3, -0.25) is 0 Å². The predicted molar refractivity (Wildman–Crippen MR) is 89.2 cm³/mol. The highest BCUT2D eigenvalue weighted by atomic mass is 19.2. The van der Waals surface area contributed by atoms with Gasteiger partial charge in [0.2, 0.25) is 0 Å². The minimum atomic E-state index is -0.925. The Bertz CT molecular complexity index is 547. The lowest BCUT2D eigenvalue weighted by Gasteiger charge is -2.27. The molecule has 0 aromatic heterocycles. The highest BCUT2D eigenvalue weighted by molar-refractivity contribution is 5.80. The summed E-state index contributed by atoms with van der Waals surface area (Å²) in [6.07, 6.45) is 3.24. The van der Waals surface area contributed by atoms with E-state index in [0.29, 0.717) is 18.5 Å². The summed E-state index contributed by atoms with van der Waals surface area (Å²) in [4.78, 5) is 4.42. The van der Waals surface area contributed by atoms with E-state index in [1.165, 1.54) is 6.07 Å². The topological polar surface area (TPSA) is 65.9 Å². The molecule has 0 unspecified atom stereocenters. The first-order valence-electron chi connectivity index (χ1n) is 8.39. The lowest BCUT2D eigenvalue weighted by molar-refractivity contribution is 0.120. The largest absolute Gasteiger partial charge is 0.492 e. The third-order valence-corrected chi connectivity index (χ3v) is 3.90. The van der Waals surface area contributed by atoms with E-state index >= 15 is 0 Å². The van der Waals surface area contributed by atoms with Crippen LogP contribution in [0.2, 0.25) is 0 Å². The Morgan fingerprint density at radius 1 is 1.25 bits per heavy atom. The highest BCUT2D eigenvalue weighted by Crippen LogP contribution is 2.18. The molecule has 0 amide bonds. The lowest BCUT2D eigenvalue weighted by atomic mass is 9.93. The van der Waals surface area contributed by atoms with Crippen molar-refractivity contribution in [3.63, 3.8) is 0 Å². The van der Waals surface area contributed by atoms with Gasteiger partial charge in [0, 0.05) is 18.7 Å². The van der Waals surface area contributed by atoms with Gasteiger partial charge in [-0.05, 0) is 44.7 Å². The molecule has 1 fully saturated rings. The molecule has 5 nitrogen and oxygen atoms in total.